The first-order valence-corrected chi connectivity index (χ1v) is 13.3. The van der Waals surface area contributed by atoms with Crippen LogP contribution in [0.3, 0.4) is 0 Å². The highest BCUT2D eigenvalue weighted by Crippen LogP contribution is 2.38. The molecular weight excluding hydrogens is 462 g/mol. The number of rotatable bonds is 6. The highest BCUT2D eigenvalue weighted by molar-refractivity contribution is 5.94. The molecule has 3 aliphatic rings. The summed E-state index contributed by atoms with van der Waals surface area (Å²) < 4.78 is 7.45. The summed E-state index contributed by atoms with van der Waals surface area (Å²) in [6.07, 6.45) is 4.97. The van der Waals surface area contributed by atoms with Gasteiger partial charge in [-0.2, -0.15) is 5.10 Å². The third-order valence-electron chi connectivity index (χ3n) is 8.29. The van der Waals surface area contributed by atoms with Crippen molar-refractivity contribution in [2.45, 2.75) is 71.4 Å². The second-order valence-corrected chi connectivity index (χ2v) is 11.2. The van der Waals surface area contributed by atoms with E-state index in [1.807, 2.05) is 16.5 Å². The molecule has 10 nitrogen and oxygen atoms in total. The molecule has 2 saturated heterocycles. The van der Waals surface area contributed by atoms with Crippen LogP contribution in [-0.2, 0) is 28.9 Å². The Labute approximate surface area is 213 Å². The smallest absolute Gasteiger partial charge is 0.319 e. The first kappa shape index (κ1) is 26.4. The second-order valence-electron chi connectivity index (χ2n) is 11.2. The number of ether oxygens (including phenoxy) is 1. The zero-order chi connectivity index (χ0) is 26.0. The Kier molecular flexibility index (Phi) is 7.92. The number of carbonyl (C=O) groups is 3. The van der Waals surface area contributed by atoms with Gasteiger partial charge in [-0.05, 0) is 63.2 Å². The lowest BCUT2D eigenvalue weighted by atomic mass is 9.75. The normalized spacial score (nSPS) is 24.6. The maximum absolute atomic E-state index is 13.1. The van der Waals surface area contributed by atoms with Gasteiger partial charge in [-0.3, -0.25) is 14.3 Å². The molecule has 36 heavy (non-hydrogen) atoms. The average Bonchev–Trinajstić information content (AvgIpc) is 3.11. The number of likely N-dealkylation sites (tertiary alicyclic amines) is 1. The zero-order valence-electron chi connectivity index (χ0n) is 22.1. The molecule has 0 bridgehead atoms. The van der Waals surface area contributed by atoms with Crippen molar-refractivity contribution < 1.29 is 24.2 Å². The minimum atomic E-state index is -0.788. The number of urea groups is 1. The van der Waals surface area contributed by atoms with Crippen LogP contribution in [0.25, 0.3) is 0 Å². The maximum atomic E-state index is 13.1. The summed E-state index contributed by atoms with van der Waals surface area (Å²) in [6, 6.07) is -0.208. The minimum Gasteiger partial charge on any atom is -0.481 e. The Morgan fingerprint density at radius 3 is 2.67 bits per heavy atom. The van der Waals surface area contributed by atoms with E-state index >= 15 is 0 Å². The van der Waals surface area contributed by atoms with E-state index in [9.17, 15) is 19.5 Å². The topological polar surface area (TPSA) is 117 Å². The summed E-state index contributed by atoms with van der Waals surface area (Å²) in [6.45, 7) is 7.29. The molecular formula is C26H41N5O5. The fourth-order valence-corrected chi connectivity index (χ4v) is 6.21. The third-order valence-corrected chi connectivity index (χ3v) is 8.29. The number of fused-ring (bicyclic) bond motifs is 1. The Morgan fingerprint density at radius 1 is 1.31 bits per heavy atom. The average molecular weight is 504 g/mol. The van der Waals surface area contributed by atoms with Crippen LogP contribution in [0.1, 0.15) is 67.7 Å². The Morgan fingerprint density at radius 2 is 2.03 bits per heavy atom. The third kappa shape index (κ3) is 5.38. The zero-order valence-corrected chi connectivity index (χ0v) is 22.1. The summed E-state index contributed by atoms with van der Waals surface area (Å²) in [5, 5.41) is 17.7. The predicted molar refractivity (Wildman–Crippen MR) is 134 cm³/mol. The first-order chi connectivity index (χ1) is 17.1. The van der Waals surface area contributed by atoms with E-state index < -0.39 is 11.9 Å². The summed E-state index contributed by atoms with van der Waals surface area (Å²) in [7, 11) is 3.46. The first-order valence-electron chi connectivity index (χ1n) is 13.3. The molecule has 0 aliphatic carbocycles. The van der Waals surface area contributed by atoms with Crippen molar-refractivity contribution in [2.75, 3.05) is 40.4 Å². The highest BCUT2D eigenvalue weighted by atomic mass is 16.5. The van der Waals surface area contributed by atoms with E-state index in [1.54, 1.807) is 19.0 Å². The molecule has 200 valence electrons. The van der Waals surface area contributed by atoms with E-state index in [2.05, 4.69) is 12.2 Å². The minimum absolute atomic E-state index is 0.00817. The molecule has 1 aromatic rings. The predicted octanol–water partition coefficient (Wildman–Crippen LogP) is 2.40. The van der Waals surface area contributed by atoms with Crippen LogP contribution in [-0.4, -0.2) is 89.0 Å². The summed E-state index contributed by atoms with van der Waals surface area (Å²) in [4.78, 5) is 41.1. The number of aryl methyl sites for hydroxylation is 1. The van der Waals surface area contributed by atoms with Gasteiger partial charge in [-0.25, -0.2) is 4.79 Å². The quantitative estimate of drug-likeness (QED) is 0.616. The standard InChI is InChI=1S/C26H41N5O5/c1-5-31-22-20(15-26(16-27-23(22)32)7-10-36-11-8-26)21(28-31)13-17(2)12-19-14-18(24(33)34)6-9-30(19)25(35)29(3)4/h17-19H,5-16H2,1-4H3,(H,27,32)(H,33,34)/t17-,18?,19?/m1/s1. The number of carboxylic acids is 1. The fourth-order valence-electron chi connectivity index (χ4n) is 6.21. The van der Waals surface area contributed by atoms with E-state index in [0.29, 0.717) is 64.2 Å². The lowest BCUT2D eigenvalue weighted by Crippen LogP contribution is -2.51. The number of aliphatic carboxylic acids is 1. The van der Waals surface area contributed by atoms with Crippen molar-refractivity contribution in [3.8, 4) is 0 Å². The summed E-state index contributed by atoms with van der Waals surface area (Å²) in [5.74, 6) is -1.10. The van der Waals surface area contributed by atoms with Gasteiger partial charge in [0.2, 0.25) is 0 Å². The van der Waals surface area contributed by atoms with Gasteiger partial charge in [0.1, 0.15) is 5.69 Å². The van der Waals surface area contributed by atoms with Crippen molar-refractivity contribution >= 4 is 17.9 Å². The molecule has 2 fully saturated rings. The van der Waals surface area contributed by atoms with Gasteiger partial charge in [-0.1, -0.05) is 6.92 Å². The van der Waals surface area contributed by atoms with Gasteiger partial charge in [-0.15, -0.1) is 0 Å². The molecule has 3 aliphatic heterocycles. The Hall–Kier alpha value is -2.62. The molecule has 0 saturated carbocycles. The van der Waals surface area contributed by atoms with Gasteiger partial charge in [0, 0.05) is 58.5 Å². The second kappa shape index (κ2) is 10.8. The van der Waals surface area contributed by atoms with E-state index in [1.165, 1.54) is 0 Å². The van der Waals surface area contributed by atoms with Crippen LogP contribution in [0.2, 0.25) is 0 Å². The van der Waals surface area contributed by atoms with E-state index in [0.717, 1.165) is 30.5 Å². The number of carboxylic acid groups (broad SMARTS) is 1. The molecule has 2 unspecified atom stereocenters. The van der Waals surface area contributed by atoms with Crippen LogP contribution in [0.4, 0.5) is 4.79 Å². The molecule has 10 heteroatoms. The van der Waals surface area contributed by atoms with Crippen LogP contribution >= 0.6 is 0 Å². The van der Waals surface area contributed by atoms with Crippen LogP contribution in [0.15, 0.2) is 0 Å². The van der Waals surface area contributed by atoms with Crippen molar-refractivity contribution in [3.63, 3.8) is 0 Å². The molecule has 2 N–H and O–H groups in total. The van der Waals surface area contributed by atoms with Gasteiger partial charge >= 0.3 is 12.0 Å². The molecule has 1 aromatic heterocycles. The molecule has 3 amide bonds. The van der Waals surface area contributed by atoms with Gasteiger partial charge in [0.25, 0.3) is 5.91 Å². The number of hydrogen-bond donors (Lipinski definition) is 2. The molecule has 4 heterocycles. The molecule has 3 atom stereocenters. The molecule has 0 radical (unpaired) electrons. The Balaban J connectivity index is 1.56. The summed E-state index contributed by atoms with van der Waals surface area (Å²) >= 11 is 0. The maximum Gasteiger partial charge on any atom is 0.319 e. The van der Waals surface area contributed by atoms with Gasteiger partial charge in [0.15, 0.2) is 0 Å². The number of nitrogens with zero attached hydrogens (tertiary/aromatic N) is 4. The van der Waals surface area contributed by atoms with Gasteiger partial charge < -0.3 is 25.0 Å². The van der Waals surface area contributed by atoms with Crippen molar-refractivity contribution in [3.05, 3.63) is 17.0 Å². The number of hydrogen-bond acceptors (Lipinski definition) is 5. The SMILES string of the molecule is CCn1nc(C[C@H](C)CC2CC(C(=O)O)CCN2C(=O)N(C)C)c2c1C(=O)NCC1(CCOCC1)C2. The number of carbonyl (C=O) groups excluding carboxylic acids is 2. The number of amides is 3. The number of nitrogens with one attached hydrogen (secondary N) is 1. The highest BCUT2D eigenvalue weighted by Gasteiger charge is 2.40. The molecule has 4 rings (SSSR count). The van der Waals surface area contributed by atoms with Crippen LogP contribution in [0, 0.1) is 17.3 Å². The lowest BCUT2D eigenvalue weighted by molar-refractivity contribution is -0.144. The van der Waals surface area contributed by atoms with E-state index in [-0.39, 0.29) is 29.3 Å². The van der Waals surface area contributed by atoms with E-state index in [4.69, 9.17) is 9.84 Å². The molecule has 1 spiro atoms. The summed E-state index contributed by atoms with van der Waals surface area (Å²) in [5.41, 5.74) is 2.68. The van der Waals surface area contributed by atoms with Gasteiger partial charge in [0.05, 0.1) is 11.6 Å². The number of aromatic nitrogens is 2. The van der Waals surface area contributed by atoms with Crippen LogP contribution in [0.5, 0.6) is 0 Å². The van der Waals surface area contributed by atoms with Crippen molar-refractivity contribution in [1.29, 1.82) is 0 Å². The monoisotopic (exact) mass is 503 g/mol. The largest absolute Gasteiger partial charge is 0.481 e. The molecule has 0 aromatic carbocycles. The lowest BCUT2D eigenvalue weighted by Gasteiger charge is -2.40. The van der Waals surface area contributed by atoms with Crippen molar-refractivity contribution in [1.82, 2.24) is 24.9 Å². The van der Waals surface area contributed by atoms with Crippen LogP contribution < -0.4 is 5.32 Å². The Bertz CT molecular complexity index is 984. The number of piperidine rings is 1. The van der Waals surface area contributed by atoms with Crippen molar-refractivity contribution in [2.24, 2.45) is 17.3 Å². The fraction of sp³-hybridized carbons (Fsp3) is 0.769.